The van der Waals surface area contributed by atoms with Crippen LogP contribution in [0.25, 0.3) is 22.6 Å². The van der Waals surface area contributed by atoms with E-state index in [4.69, 9.17) is 0 Å². The number of phenols is 1. The summed E-state index contributed by atoms with van der Waals surface area (Å²) < 4.78 is 0. The second-order valence-corrected chi connectivity index (χ2v) is 5.44. The summed E-state index contributed by atoms with van der Waals surface area (Å²) in [6, 6.07) is 15.2. The third-order valence-corrected chi connectivity index (χ3v) is 4.07. The lowest BCUT2D eigenvalue weighted by Crippen LogP contribution is -2.04. The first-order chi connectivity index (χ1) is 10.2. The van der Waals surface area contributed by atoms with Gasteiger partial charge in [-0.05, 0) is 35.4 Å². The van der Waals surface area contributed by atoms with Crippen LogP contribution >= 0.6 is 0 Å². The van der Waals surface area contributed by atoms with Gasteiger partial charge in [0.15, 0.2) is 0 Å². The van der Waals surface area contributed by atoms with Crippen LogP contribution in [0, 0.1) is 0 Å². The fourth-order valence-corrected chi connectivity index (χ4v) is 3.05. The molecule has 0 spiro atoms. The Kier molecular flexibility index (Phi) is 2.62. The van der Waals surface area contributed by atoms with Gasteiger partial charge < -0.3 is 15.2 Å². The van der Waals surface area contributed by atoms with Crippen molar-refractivity contribution in [2.45, 2.75) is 12.5 Å². The van der Waals surface area contributed by atoms with Crippen molar-refractivity contribution < 1.29 is 10.2 Å². The number of aromatic nitrogens is 1. The molecule has 0 saturated heterocycles. The lowest BCUT2D eigenvalue weighted by atomic mass is 10.1. The Hall–Kier alpha value is -2.52. The molecule has 1 heterocycles. The van der Waals surface area contributed by atoms with Gasteiger partial charge in [-0.3, -0.25) is 0 Å². The highest BCUT2D eigenvalue weighted by Crippen LogP contribution is 2.38. The number of aliphatic hydroxyl groups excluding tert-OH is 1. The average Bonchev–Trinajstić information content (AvgIpc) is 2.98. The summed E-state index contributed by atoms with van der Waals surface area (Å²) >= 11 is 0. The number of fused-ring (bicyclic) bond motifs is 3. The van der Waals surface area contributed by atoms with Gasteiger partial charge in [-0.15, -0.1) is 0 Å². The lowest BCUT2D eigenvalue weighted by Gasteiger charge is -2.05. The van der Waals surface area contributed by atoms with E-state index in [-0.39, 0.29) is 5.75 Å². The maximum absolute atomic E-state index is 10.3. The molecule has 0 bridgehead atoms. The Morgan fingerprint density at radius 2 is 1.81 bits per heavy atom. The first-order valence-corrected chi connectivity index (χ1v) is 7.01. The summed E-state index contributed by atoms with van der Waals surface area (Å²) in [5, 5.41) is 20.9. The van der Waals surface area contributed by atoms with Gasteiger partial charge in [0.1, 0.15) is 5.75 Å². The van der Waals surface area contributed by atoms with E-state index < -0.39 is 6.10 Å². The summed E-state index contributed by atoms with van der Waals surface area (Å²) in [6.07, 6.45) is 2.14. The predicted molar refractivity (Wildman–Crippen MR) is 84.0 cm³/mol. The zero-order chi connectivity index (χ0) is 14.4. The van der Waals surface area contributed by atoms with Crippen molar-refractivity contribution in [3.63, 3.8) is 0 Å². The maximum Gasteiger partial charge on any atom is 0.115 e. The zero-order valence-electron chi connectivity index (χ0n) is 11.4. The minimum Gasteiger partial charge on any atom is -0.508 e. The van der Waals surface area contributed by atoms with E-state index >= 15 is 0 Å². The molecule has 3 heteroatoms. The molecule has 3 N–H and O–H groups in total. The molecule has 1 aromatic heterocycles. The maximum atomic E-state index is 10.3. The summed E-state index contributed by atoms with van der Waals surface area (Å²) in [4.78, 5) is 3.41. The largest absolute Gasteiger partial charge is 0.508 e. The quantitative estimate of drug-likeness (QED) is 0.639. The second-order valence-electron chi connectivity index (χ2n) is 5.44. The number of nitrogens with one attached hydrogen (secondary N) is 1. The number of hydrogen-bond acceptors (Lipinski definition) is 2. The normalized spacial score (nSPS) is 19.3. The molecule has 1 atom stereocenters. The molecule has 21 heavy (non-hydrogen) atoms. The molecule has 0 radical (unpaired) electrons. The third-order valence-electron chi connectivity index (χ3n) is 4.07. The van der Waals surface area contributed by atoms with Crippen LogP contribution in [-0.2, 0) is 6.42 Å². The fraction of sp³-hybridized carbons (Fsp3) is 0.111. The highest BCUT2D eigenvalue weighted by Gasteiger charge is 2.28. The number of benzene rings is 2. The van der Waals surface area contributed by atoms with Gasteiger partial charge in [-0.1, -0.05) is 30.3 Å². The molecule has 104 valence electrons. The van der Waals surface area contributed by atoms with Crippen LogP contribution in [0.2, 0.25) is 0 Å². The minimum absolute atomic E-state index is 0.246. The van der Waals surface area contributed by atoms with Gasteiger partial charge in [0.05, 0.1) is 6.10 Å². The van der Waals surface area contributed by atoms with Crippen molar-refractivity contribution in [3.8, 4) is 5.75 Å². The zero-order valence-corrected chi connectivity index (χ0v) is 11.4. The van der Waals surface area contributed by atoms with Crippen molar-refractivity contribution >= 4 is 22.6 Å². The first kappa shape index (κ1) is 12.2. The predicted octanol–water partition coefficient (Wildman–Crippen LogP) is 3.33. The second kappa shape index (κ2) is 4.50. The van der Waals surface area contributed by atoms with Gasteiger partial charge in [-0.2, -0.15) is 0 Å². The SMILES string of the molecule is Oc1ccc(/C=C2/c3[nH]c4ccccc4c3CC2O)cc1. The number of H-pyrrole nitrogens is 1. The van der Waals surface area contributed by atoms with Crippen LogP contribution in [0.3, 0.4) is 0 Å². The van der Waals surface area contributed by atoms with Gasteiger partial charge in [-0.25, -0.2) is 0 Å². The van der Waals surface area contributed by atoms with Crippen LogP contribution in [0.5, 0.6) is 5.75 Å². The number of phenolic OH excluding ortho intramolecular Hbond substituents is 1. The summed E-state index contributed by atoms with van der Waals surface area (Å²) in [6.45, 7) is 0. The van der Waals surface area contributed by atoms with Crippen molar-refractivity contribution in [3.05, 3.63) is 65.4 Å². The number of aromatic hydroxyl groups is 1. The number of para-hydroxylation sites is 1. The monoisotopic (exact) mass is 277 g/mol. The molecule has 0 amide bonds. The van der Waals surface area contributed by atoms with E-state index in [1.807, 2.05) is 30.3 Å². The van der Waals surface area contributed by atoms with Crippen LogP contribution in [0.4, 0.5) is 0 Å². The number of aliphatic hydroxyl groups is 1. The van der Waals surface area contributed by atoms with Crippen LogP contribution < -0.4 is 0 Å². The van der Waals surface area contributed by atoms with Gasteiger partial charge in [0.2, 0.25) is 0 Å². The molecule has 0 aliphatic heterocycles. The smallest absolute Gasteiger partial charge is 0.115 e. The summed E-state index contributed by atoms with van der Waals surface area (Å²) in [5.74, 6) is 0.246. The first-order valence-electron chi connectivity index (χ1n) is 7.01. The number of hydrogen-bond donors (Lipinski definition) is 3. The molecule has 4 rings (SSSR count). The molecule has 3 aromatic rings. The molecule has 2 aromatic carbocycles. The van der Waals surface area contributed by atoms with Crippen LogP contribution in [-0.4, -0.2) is 21.3 Å². The number of rotatable bonds is 1. The average molecular weight is 277 g/mol. The topological polar surface area (TPSA) is 56.2 Å². The van der Waals surface area contributed by atoms with E-state index in [9.17, 15) is 10.2 Å². The van der Waals surface area contributed by atoms with Crippen molar-refractivity contribution in [2.75, 3.05) is 0 Å². The Balaban J connectivity index is 1.86. The van der Waals surface area contributed by atoms with E-state index in [2.05, 4.69) is 17.1 Å². The van der Waals surface area contributed by atoms with E-state index in [0.29, 0.717) is 6.42 Å². The van der Waals surface area contributed by atoms with Crippen molar-refractivity contribution in [1.29, 1.82) is 0 Å². The Bertz CT molecular complexity index is 843. The Morgan fingerprint density at radius 1 is 1.05 bits per heavy atom. The fourth-order valence-electron chi connectivity index (χ4n) is 3.05. The van der Waals surface area contributed by atoms with Crippen molar-refractivity contribution in [2.24, 2.45) is 0 Å². The summed E-state index contributed by atoms with van der Waals surface area (Å²) in [7, 11) is 0. The lowest BCUT2D eigenvalue weighted by molar-refractivity contribution is 0.240. The highest BCUT2D eigenvalue weighted by atomic mass is 16.3. The van der Waals surface area contributed by atoms with E-state index in [1.165, 1.54) is 10.9 Å². The molecular formula is C18H15NO2. The molecule has 0 fully saturated rings. The molecule has 1 unspecified atom stereocenters. The molecule has 0 saturated carbocycles. The summed E-state index contributed by atoms with van der Waals surface area (Å²) in [5.41, 5.74) is 5.19. The van der Waals surface area contributed by atoms with E-state index in [0.717, 1.165) is 22.3 Å². The minimum atomic E-state index is -0.482. The number of aromatic amines is 1. The van der Waals surface area contributed by atoms with Crippen molar-refractivity contribution in [1.82, 2.24) is 4.98 Å². The molecule has 1 aliphatic carbocycles. The van der Waals surface area contributed by atoms with Crippen LogP contribution in [0.15, 0.2) is 48.5 Å². The molecule has 1 aliphatic rings. The van der Waals surface area contributed by atoms with E-state index in [1.54, 1.807) is 12.1 Å². The highest BCUT2D eigenvalue weighted by molar-refractivity contribution is 5.96. The molecule has 3 nitrogen and oxygen atoms in total. The Labute approximate surface area is 122 Å². The van der Waals surface area contributed by atoms with Gasteiger partial charge in [0, 0.05) is 28.6 Å². The Morgan fingerprint density at radius 3 is 2.62 bits per heavy atom. The van der Waals surface area contributed by atoms with Gasteiger partial charge in [0.25, 0.3) is 0 Å². The van der Waals surface area contributed by atoms with Crippen LogP contribution in [0.1, 0.15) is 16.8 Å². The molecular weight excluding hydrogens is 262 g/mol. The standard InChI is InChI=1S/C18H15NO2/c20-12-7-5-11(6-8-12)9-15-17(21)10-14-13-3-1-2-4-16(13)19-18(14)15/h1-9,17,19-21H,10H2/b15-9+. The van der Waals surface area contributed by atoms with Gasteiger partial charge >= 0.3 is 0 Å². The third kappa shape index (κ3) is 1.94.